The van der Waals surface area contributed by atoms with Gasteiger partial charge in [-0.2, -0.15) is 0 Å². The van der Waals surface area contributed by atoms with E-state index in [0.717, 1.165) is 18.3 Å². The smallest absolute Gasteiger partial charge is 0.123 e. The fourth-order valence-electron chi connectivity index (χ4n) is 3.51. The fourth-order valence-corrected chi connectivity index (χ4v) is 3.51. The minimum atomic E-state index is -0.0817. The molecule has 74 valence electrons. The molecule has 2 unspecified atom stereocenters. The van der Waals surface area contributed by atoms with E-state index in [0.29, 0.717) is 5.41 Å². The number of benzene rings is 1. The summed E-state index contributed by atoms with van der Waals surface area (Å²) in [6.45, 7) is 4.65. The Morgan fingerprint density at radius 3 is 2.64 bits per heavy atom. The zero-order chi connectivity index (χ0) is 9.92. The van der Waals surface area contributed by atoms with Crippen LogP contribution in [-0.2, 0) is 11.8 Å². The van der Waals surface area contributed by atoms with Crippen molar-refractivity contribution in [2.24, 2.45) is 11.8 Å². The second-order valence-electron chi connectivity index (χ2n) is 4.92. The number of hydrogen-bond acceptors (Lipinski definition) is 0. The summed E-state index contributed by atoms with van der Waals surface area (Å²) in [6.07, 6.45) is 2.30. The van der Waals surface area contributed by atoms with Crippen molar-refractivity contribution in [1.29, 1.82) is 0 Å². The monoisotopic (exact) mass is 190 g/mol. The molecule has 3 rings (SSSR count). The molecule has 0 aromatic heterocycles. The Morgan fingerprint density at radius 2 is 2.00 bits per heavy atom. The summed E-state index contributed by atoms with van der Waals surface area (Å²) in [5, 5.41) is 0. The van der Waals surface area contributed by atoms with Gasteiger partial charge >= 0.3 is 0 Å². The van der Waals surface area contributed by atoms with Gasteiger partial charge in [0.05, 0.1) is 0 Å². The third-order valence-electron chi connectivity index (χ3n) is 4.64. The number of rotatable bonds is 0. The zero-order valence-electron chi connectivity index (χ0n) is 8.68. The van der Waals surface area contributed by atoms with Gasteiger partial charge in [0.15, 0.2) is 0 Å². The molecule has 0 nitrogen and oxygen atoms in total. The van der Waals surface area contributed by atoms with Gasteiger partial charge < -0.3 is 0 Å². The molecule has 0 heterocycles. The number of fused-ring (bicyclic) bond motifs is 2. The molecule has 2 atom stereocenters. The average molecular weight is 190 g/mol. The quantitative estimate of drug-likeness (QED) is 0.589. The van der Waals surface area contributed by atoms with Crippen molar-refractivity contribution in [3.05, 3.63) is 35.1 Å². The Morgan fingerprint density at radius 1 is 1.29 bits per heavy atom. The maximum atomic E-state index is 13.0. The summed E-state index contributed by atoms with van der Waals surface area (Å²) in [6, 6.07) is 5.35. The summed E-state index contributed by atoms with van der Waals surface area (Å²) in [7, 11) is 0. The van der Waals surface area contributed by atoms with E-state index in [1.54, 1.807) is 12.1 Å². The number of halogens is 1. The van der Waals surface area contributed by atoms with Crippen LogP contribution in [0, 0.1) is 17.7 Å². The van der Waals surface area contributed by atoms with Gasteiger partial charge in [0.25, 0.3) is 0 Å². The van der Waals surface area contributed by atoms with E-state index >= 15 is 0 Å². The van der Waals surface area contributed by atoms with Crippen LogP contribution in [-0.4, -0.2) is 0 Å². The average Bonchev–Trinajstić information content (AvgIpc) is 2.60. The van der Waals surface area contributed by atoms with E-state index in [2.05, 4.69) is 13.8 Å². The second kappa shape index (κ2) is 2.39. The van der Waals surface area contributed by atoms with Crippen LogP contribution in [0.25, 0.3) is 0 Å². The van der Waals surface area contributed by atoms with Crippen molar-refractivity contribution in [2.75, 3.05) is 0 Å². The van der Waals surface area contributed by atoms with Crippen LogP contribution in [0.2, 0.25) is 0 Å². The lowest BCUT2D eigenvalue weighted by atomic mass is 9.94. The van der Waals surface area contributed by atoms with Crippen molar-refractivity contribution in [2.45, 2.75) is 32.1 Å². The van der Waals surface area contributed by atoms with Crippen molar-refractivity contribution < 1.29 is 4.39 Å². The highest BCUT2D eigenvalue weighted by molar-refractivity contribution is 5.46. The molecule has 1 aromatic rings. The topological polar surface area (TPSA) is 0 Å². The summed E-state index contributed by atoms with van der Waals surface area (Å²) in [5.41, 5.74) is 3.10. The van der Waals surface area contributed by atoms with Crippen LogP contribution >= 0.6 is 0 Å². The summed E-state index contributed by atoms with van der Waals surface area (Å²) < 4.78 is 13.0. The van der Waals surface area contributed by atoms with Gasteiger partial charge in [-0.25, -0.2) is 4.39 Å². The van der Waals surface area contributed by atoms with Gasteiger partial charge in [0, 0.05) is 5.41 Å². The van der Waals surface area contributed by atoms with Crippen LogP contribution in [0.4, 0.5) is 4.39 Å². The molecule has 2 aliphatic carbocycles. The van der Waals surface area contributed by atoms with Crippen LogP contribution < -0.4 is 0 Å². The predicted molar refractivity (Wildman–Crippen MR) is 54.7 cm³/mol. The van der Waals surface area contributed by atoms with E-state index in [-0.39, 0.29) is 5.82 Å². The molecular weight excluding hydrogens is 175 g/mol. The van der Waals surface area contributed by atoms with Gasteiger partial charge in [-0.15, -0.1) is 0 Å². The maximum Gasteiger partial charge on any atom is 0.123 e. The molecule has 0 aliphatic heterocycles. The molecule has 0 amide bonds. The molecule has 14 heavy (non-hydrogen) atoms. The highest BCUT2D eigenvalue weighted by Crippen LogP contribution is 2.65. The lowest BCUT2D eigenvalue weighted by Crippen LogP contribution is -2.05. The minimum absolute atomic E-state index is 0.0817. The Hall–Kier alpha value is -0.850. The maximum absolute atomic E-state index is 13.0. The Kier molecular flexibility index (Phi) is 1.44. The highest BCUT2D eigenvalue weighted by Gasteiger charge is 2.61. The lowest BCUT2D eigenvalue weighted by molar-refractivity contribution is 0.600. The SMILES string of the molecule is CC1C(C)C12CCc1cc(F)ccc12. The highest BCUT2D eigenvalue weighted by atomic mass is 19.1. The number of aryl methyl sites for hydroxylation is 1. The van der Waals surface area contributed by atoms with E-state index in [9.17, 15) is 4.39 Å². The molecule has 1 spiro atoms. The second-order valence-corrected chi connectivity index (χ2v) is 4.92. The molecule has 0 bridgehead atoms. The van der Waals surface area contributed by atoms with Crippen molar-refractivity contribution >= 4 is 0 Å². The third-order valence-corrected chi connectivity index (χ3v) is 4.64. The molecule has 1 heteroatoms. The normalized spacial score (nSPS) is 38.8. The Balaban J connectivity index is 2.12. The molecule has 2 aliphatic rings. The first-order valence-corrected chi connectivity index (χ1v) is 5.45. The first kappa shape index (κ1) is 8.46. The predicted octanol–water partition coefficient (Wildman–Crippen LogP) is 3.30. The van der Waals surface area contributed by atoms with E-state index < -0.39 is 0 Å². The fraction of sp³-hybridized carbons (Fsp3) is 0.538. The van der Waals surface area contributed by atoms with Crippen molar-refractivity contribution in [3.63, 3.8) is 0 Å². The lowest BCUT2D eigenvalue weighted by Gasteiger charge is -2.10. The van der Waals surface area contributed by atoms with Gasteiger partial charge in [-0.05, 0) is 47.9 Å². The summed E-state index contributed by atoms with van der Waals surface area (Å²) in [5.74, 6) is 1.49. The molecule has 1 saturated carbocycles. The minimum Gasteiger partial charge on any atom is -0.207 e. The zero-order valence-corrected chi connectivity index (χ0v) is 8.68. The van der Waals surface area contributed by atoms with Crippen LogP contribution in [0.15, 0.2) is 18.2 Å². The molecule has 1 aromatic carbocycles. The molecule has 0 saturated heterocycles. The van der Waals surface area contributed by atoms with Crippen LogP contribution in [0.3, 0.4) is 0 Å². The molecule has 0 N–H and O–H groups in total. The summed E-state index contributed by atoms with van der Waals surface area (Å²) >= 11 is 0. The van der Waals surface area contributed by atoms with Gasteiger partial charge in [-0.1, -0.05) is 19.9 Å². The summed E-state index contributed by atoms with van der Waals surface area (Å²) in [4.78, 5) is 0. The number of hydrogen-bond donors (Lipinski definition) is 0. The largest absolute Gasteiger partial charge is 0.207 e. The molecule has 0 radical (unpaired) electrons. The first-order chi connectivity index (χ1) is 6.66. The van der Waals surface area contributed by atoms with Crippen molar-refractivity contribution in [3.8, 4) is 0 Å². The van der Waals surface area contributed by atoms with Gasteiger partial charge in [0.1, 0.15) is 5.82 Å². The Bertz CT molecular complexity index is 386. The molecular formula is C13H15F. The van der Waals surface area contributed by atoms with Crippen molar-refractivity contribution in [1.82, 2.24) is 0 Å². The van der Waals surface area contributed by atoms with Crippen LogP contribution in [0.5, 0.6) is 0 Å². The Labute approximate surface area is 84.1 Å². The van der Waals surface area contributed by atoms with E-state index in [1.165, 1.54) is 17.5 Å². The third kappa shape index (κ3) is 0.789. The van der Waals surface area contributed by atoms with Gasteiger partial charge in [-0.3, -0.25) is 0 Å². The van der Waals surface area contributed by atoms with Crippen LogP contribution in [0.1, 0.15) is 31.4 Å². The first-order valence-electron chi connectivity index (χ1n) is 5.45. The van der Waals surface area contributed by atoms with Gasteiger partial charge in [0.2, 0.25) is 0 Å². The standard InChI is InChI=1S/C13H15F/c1-8-9(2)13(8)6-5-10-7-11(14)3-4-12(10)13/h3-4,7-9H,5-6H2,1-2H3. The molecule has 1 fully saturated rings. The van der Waals surface area contributed by atoms with E-state index in [4.69, 9.17) is 0 Å². The van der Waals surface area contributed by atoms with E-state index in [1.807, 2.05) is 6.07 Å².